The Morgan fingerprint density at radius 1 is 1.54 bits per heavy atom. The average molecular weight is 390 g/mol. The highest BCUT2D eigenvalue weighted by molar-refractivity contribution is 8.26. The molecule has 1 unspecified atom stereocenters. The molecular formula is C17H19N5O2S2. The van der Waals surface area contributed by atoms with E-state index in [0.29, 0.717) is 22.2 Å². The Balaban J connectivity index is 1.63. The van der Waals surface area contributed by atoms with Crippen molar-refractivity contribution in [1.29, 1.82) is 0 Å². The lowest BCUT2D eigenvalue weighted by Crippen LogP contribution is -2.47. The summed E-state index contributed by atoms with van der Waals surface area (Å²) in [5, 5.41) is 2.84. The average Bonchev–Trinajstić information content (AvgIpc) is 3.31. The first-order valence-corrected chi connectivity index (χ1v) is 9.33. The van der Waals surface area contributed by atoms with Gasteiger partial charge in [-0.3, -0.25) is 14.5 Å². The Bertz CT molecular complexity index is 856. The summed E-state index contributed by atoms with van der Waals surface area (Å²) in [4.78, 5) is 33.9. The quantitative estimate of drug-likeness (QED) is 0.580. The number of imidazole rings is 1. The molecular weight excluding hydrogens is 370 g/mol. The van der Waals surface area contributed by atoms with E-state index in [1.54, 1.807) is 25.5 Å². The van der Waals surface area contributed by atoms with E-state index in [-0.39, 0.29) is 11.8 Å². The van der Waals surface area contributed by atoms with Gasteiger partial charge in [-0.15, -0.1) is 0 Å². The normalized spacial score (nSPS) is 17.2. The lowest BCUT2D eigenvalue weighted by Gasteiger charge is -2.22. The van der Waals surface area contributed by atoms with Gasteiger partial charge in [-0.05, 0) is 25.1 Å². The van der Waals surface area contributed by atoms with Crippen molar-refractivity contribution in [2.75, 3.05) is 6.54 Å². The van der Waals surface area contributed by atoms with Crippen molar-refractivity contribution in [3.8, 4) is 0 Å². The Morgan fingerprint density at radius 3 is 3.00 bits per heavy atom. The number of carbonyl (C=O) groups is 2. The van der Waals surface area contributed by atoms with Gasteiger partial charge < -0.3 is 14.9 Å². The van der Waals surface area contributed by atoms with E-state index in [2.05, 4.69) is 15.3 Å². The van der Waals surface area contributed by atoms with Crippen LogP contribution in [0.5, 0.6) is 0 Å². The van der Waals surface area contributed by atoms with E-state index < -0.39 is 6.04 Å². The molecule has 2 aromatic rings. The first kappa shape index (κ1) is 18.4. The van der Waals surface area contributed by atoms with Crippen LogP contribution in [0.2, 0.25) is 0 Å². The van der Waals surface area contributed by atoms with Crippen LogP contribution in [0, 0.1) is 0 Å². The molecule has 1 atom stereocenters. The van der Waals surface area contributed by atoms with Crippen LogP contribution in [0.3, 0.4) is 0 Å². The number of carbonyl (C=O) groups excluding carboxylic acids is 2. The Kier molecular flexibility index (Phi) is 5.58. The number of rotatable bonds is 6. The zero-order valence-corrected chi connectivity index (χ0v) is 16.1. The molecule has 0 aliphatic carbocycles. The van der Waals surface area contributed by atoms with E-state index in [1.165, 1.54) is 16.7 Å². The smallest absolute Gasteiger partial charge is 0.266 e. The molecule has 1 saturated heterocycles. The SMILES string of the molecule is CC(C(=O)NCCc1cnc[nH]1)N1C(=O)C(=Cc2cccn2C)SC1=S. The zero-order chi connectivity index (χ0) is 18.7. The molecule has 136 valence electrons. The molecule has 3 heterocycles. The van der Waals surface area contributed by atoms with Gasteiger partial charge in [0.05, 0.1) is 11.2 Å². The van der Waals surface area contributed by atoms with Gasteiger partial charge in [0.25, 0.3) is 5.91 Å². The van der Waals surface area contributed by atoms with Gasteiger partial charge in [0.2, 0.25) is 5.91 Å². The molecule has 2 N–H and O–H groups in total. The van der Waals surface area contributed by atoms with Crippen molar-refractivity contribution in [2.24, 2.45) is 7.05 Å². The highest BCUT2D eigenvalue weighted by Crippen LogP contribution is 2.33. The molecule has 1 fully saturated rings. The van der Waals surface area contributed by atoms with Crippen molar-refractivity contribution in [2.45, 2.75) is 19.4 Å². The Morgan fingerprint density at radius 2 is 2.35 bits per heavy atom. The maximum absolute atomic E-state index is 12.7. The summed E-state index contributed by atoms with van der Waals surface area (Å²) in [6, 6.07) is 3.16. The highest BCUT2D eigenvalue weighted by atomic mass is 32.2. The number of amides is 2. The number of H-pyrrole nitrogens is 1. The summed E-state index contributed by atoms with van der Waals surface area (Å²) in [7, 11) is 1.91. The second-order valence-electron chi connectivity index (χ2n) is 5.89. The van der Waals surface area contributed by atoms with Gasteiger partial charge in [0, 0.05) is 43.8 Å². The summed E-state index contributed by atoms with van der Waals surface area (Å²) in [6.07, 6.45) is 7.65. The van der Waals surface area contributed by atoms with E-state index in [1.807, 2.05) is 29.9 Å². The van der Waals surface area contributed by atoms with Crippen molar-refractivity contribution < 1.29 is 9.59 Å². The fourth-order valence-corrected chi connectivity index (χ4v) is 3.98. The third kappa shape index (κ3) is 3.88. The molecule has 7 nitrogen and oxygen atoms in total. The maximum Gasteiger partial charge on any atom is 0.266 e. The monoisotopic (exact) mass is 389 g/mol. The van der Waals surface area contributed by atoms with E-state index in [0.717, 1.165) is 11.4 Å². The summed E-state index contributed by atoms with van der Waals surface area (Å²) >= 11 is 6.54. The fourth-order valence-electron chi connectivity index (χ4n) is 2.58. The van der Waals surface area contributed by atoms with Crippen LogP contribution >= 0.6 is 24.0 Å². The van der Waals surface area contributed by atoms with Crippen LogP contribution in [0.25, 0.3) is 6.08 Å². The predicted molar refractivity (Wildman–Crippen MR) is 105 cm³/mol. The Hall–Kier alpha value is -2.39. The lowest BCUT2D eigenvalue weighted by atomic mass is 10.2. The van der Waals surface area contributed by atoms with Crippen LogP contribution in [-0.2, 0) is 23.1 Å². The molecule has 3 rings (SSSR count). The molecule has 1 aliphatic rings. The number of aromatic nitrogens is 3. The van der Waals surface area contributed by atoms with E-state index in [9.17, 15) is 9.59 Å². The van der Waals surface area contributed by atoms with Gasteiger partial charge in [-0.1, -0.05) is 24.0 Å². The number of thioether (sulfide) groups is 1. The topological polar surface area (TPSA) is 83.0 Å². The van der Waals surface area contributed by atoms with E-state index in [4.69, 9.17) is 12.2 Å². The second-order valence-corrected chi connectivity index (χ2v) is 7.57. The molecule has 0 bridgehead atoms. The first-order chi connectivity index (χ1) is 12.5. The maximum atomic E-state index is 12.7. The minimum Gasteiger partial charge on any atom is -0.354 e. The summed E-state index contributed by atoms with van der Waals surface area (Å²) < 4.78 is 2.31. The van der Waals surface area contributed by atoms with Gasteiger partial charge in [0.1, 0.15) is 10.4 Å². The largest absolute Gasteiger partial charge is 0.354 e. The number of aromatic amines is 1. The highest BCUT2D eigenvalue weighted by Gasteiger charge is 2.38. The molecule has 9 heteroatoms. The third-order valence-corrected chi connectivity index (χ3v) is 5.43. The standard InChI is InChI=1S/C17H19N5O2S2/c1-11(15(23)19-6-5-12-9-18-10-20-12)22-16(24)14(26-17(22)25)8-13-4-3-7-21(13)2/h3-4,7-11H,5-6H2,1-2H3,(H,18,20)(H,19,23). The number of aryl methyl sites for hydroxylation is 1. The lowest BCUT2D eigenvalue weighted by molar-refractivity contribution is -0.132. The zero-order valence-electron chi connectivity index (χ0n) is 14.4. The van der Waals surface area contributed by atoms with Gasteiger partial charge >= 0.3 is 0 Å². The summed E-state index contributed by atoms with van der Waals surface area (Å²) in [5.41, 5.74) is 1.84. The molecule has 2 aromatic heterocycles. The number of hydrogen-bond donors (Lipinski definition) is 2. The van der Waals surface area contributed by atoms with Gasteiger partial charge in [0.15, 0.2) is 0 Å². The van der Waals surface area contributed by atoms with E-state index >= 15 is 0 Å². The molecule has 26 heavy (non-hydrogen) atoms. The van der Waals surface area contributed by atoms with Crippen molar-refractivity contribution in [3.63, 3.8) is 0 Å². The molecule has 0 radical (unpaired) electrons. The number of thiocarbonyl (C=S) groups is 1. The predicted octanol–water partition coefficient (Wildman–Crippen LogP) is 1.70. The van der Waals surface area contributed by atoms with Crippen LogP contribution in [0.15, 0.2) is 35.8 Å². The van der Waals surface area contributed by atoms with Crippen molar-refractivity contribution in [1.82, 2.24) is 24.8 Å². The molecule has 0 spiro atoms. The molecule has 0 aromatic carbocycles. The number of hydrogen-bond acceptors (Lipinski definition) is 5. The Labute approximate surface area is 160 Å². The van der Waals surface area contributed by atoms with Crippen LogP contribution in [-0.4, -0.2) is 48.2 Å². The minimum atomic E-state index is -0.663. The van der Waals surface area contributed by atoms with Crippen molar-refractivity contribution >= 4 is 46.2 Å². The molecule has 2 amide bonds. The van der Waals surface area contributed by atoms with Gasteiger partial charge in [-0.25, -0.2) is 4.98 Å². The van der Waals surface area contributed by atoms with Crippen molar-refractivity contribution in [3.05, 3.63) is 47.1 Å². The first-order valence-electron chi connectivity index (χ1n) is 8.10. The van der Waals surface area contributed by atoms with Crippen LogP contribution in [0.1, 0.15) is 18.3 Å². The van der Waals surface area contributed by atoms with Crippen LogP contribution < -0.4 is 5.32 Å². The van der Waals surface area contributed by atoms with Crippen LogP contribution in [0.4, 0.5) is 0 Å². The molecule has 1 aliphatic heterocycles. The minimum absolute atomic E-state index is 0.235. The fraction of sp³-hybridized carbons (Fsp3) is 0.294. The van der Waals surface area contributed by atoms with Gasteiger partial charge in [-0.2, -0.15) is 0 Å². The second kappa shape index (κ2) is 7.88. The third-order valence-electron chi connectivity index (χ3n) is 4.10. The number of nitrogens with zero attached hydrogens (tertiary/aromatic N) is 3. The number of nitrogens with one attached hydrogen (secondary N) is 2. The summed E-state index contributed by atoms with van der Waals surface area (Å²) in [5.74, 6) is -0.474. The summed E-state index contributed by atoms with van der Waals surface area (Å²) in [6.45, 7) is 2.14. The molecule has 0 saturated carbocycles.